The molecule has 0 aliphatic heterocycles. The zero-order chi connectivity index (χ0) is 15.1. The second-order valence-corrected chi connectivity index (χ2v) is 5.05. The number of aromatic nitrogens is 3. The van der Waals surface area contributed by atoms with Gasteiger partial charge in [-0.25, -0.2) is 9.97 Å². The van der Waals surface area contributed by atoms with Crippen LogP contribution in [0, 0.1) is 0 Å². The number of nitrogens with zero attached hydrogens (tertiary/aromatic N) is 4. The maximum Gasteiger partial charge on any atom is 0.134 e. The molecule has 0 saturated heterocycles. The summed E-state index contributed by atoms with van der Waals surface area (Å²) in [6.45, 7) is 3.05. The largest absolute Gasteiger partial charge is 0.373 e. The minimum absolute atomic E-state index is 0.874. The molecule has 1 N–H and O–H groups in total. The summed E-state index contributed by atoms with van der Waals surface area (Å²) in [4.78, 5) is 15.3. The fraction of sp³-hybridized carbons (Fsp3) is 0.438. The van der Waals surface area contributed by atoms with E-state index in [0.717, 1.165) is 43.3 Å². The Kier molecular flexibility index (Phi) is 5.49. The summed E-state index contributed by atoms with van der Waals surface area (Å²) >= 11 is 0. The molecule has 0 saturated carbocycles. The third-order valence-corrected chi connectivity index (χ3v) is 3.37. The molecule has 2 aromatic rings. The fourth-order valence-electron chi connectivity index (χ4n) is 2.10. The van der Waals surface area contributed by atoms with Gasteiger partial charge in [0, 0.05) is 45.5 Å². The van der Waals surface area contributed by atoms with Gasteiger partial charge in [-0.3, -0.25) is 4.98 Å². The van der Waals surface area contributed by atoms with Crippen molar-refractivity contribution in [1.82, 2.24) is 15.0 Å². The second kappa shape index (κ2) is 7.57. The Morgan fingerprint density at radius 1 is 1.14 bits per heavy atom. The highest BCUT2D eigenvalue weighted by Crippen LogP contribution is 2.16. The highest BCUT2D eigenvalue weighted by atomic mass is 15.2. The van der Waals surface area contributed by atoms with Crippen LogP contribution in [0.2, 0.25) is 0 Å². The summed E-state index contributed by atoms with van der Waals surface area (Å²) in [5.41, 5.74) is 1.29. The molecular weight excluding hydrogens is 262 g/mol. The molecule has 21 heavy (non-hydrogen) atoms. The lowest BCUT2D eigenvalue weighted by molar-refractivity contribution is 0.806. The zero-order valence-corrected chi connectivity index (χ0v) is 13.0. The van der Waals surface area contributed by atoms with E-state index in [1.807, 2.05) is 25.5 Å². The van der Waals surface area contributed by atoms with Crippen molar-refractivity contribution in [3.8, 4) is 0 Å². The van der Waals surface area contributed by atoms with E-state index in [1.54, 1.807) is 0 Å². The van der Waals surface area contributed by atoms with Gasteiger partial charge in [0.05, 0.1) is 0 Å². The molecule has 0 amide bonds. The molecular formula is C16H23N5. The van der Waals surface area contributed by atoms with E-state index in [1.165, 1.54) is 5.56 Å². The van der Waals surface area contributed by atoms with Crippen molar-refractivity contribution in [3.63, 3.8) is 0 Å². The number of hydrogen-bond donors (Lipinski definition) is 1. The van der Waals surface area contributed by atoms with E-state index >= 15 is 0 Å². The smallest absolute Gasteiger partial charge is 0.134 e. The third kappa shape index (κ3) is 4.41. The maximum absolute atomic E-state index is 4.65. The summed E-state index contributed by atoms with van der Waals surface area (Å²) in [5.74, 6) is 2.74. The van der Waals surface area contributed by atoms with Gasteiger partial charge >= 0.3 is 0 Å². The Bertz CT molecular complexity index is 556. The zero-order valence-electron chi connectivity index (χ0n) is 13.0. The van der Waals surface area contributed by atoms with Crippen LogP contribution in [-0.2, 0) is 12.8 Å². The van der Waals surface area contributed by atoms with Crippen LogP contribution in [0.3, 0.4) is 0 Å². The van der Waals surface area contributed by atoms with Gasteiger partial charge in [0.2, 0.25) is 0 Å². The first kappa shape index (κ1) is 15.2. The molecule has 0 unspecified atom stereocenters. The van der Waals surface area contributed by atoms with Crippen LogP contribution in [0.4, 0.5) is 11.6 Å². The lowest BCUT2D eigenvalue weighted by atomic mass is 10.2. The molecule has 0 radical (unpaired) electrons. The Labute approximate surface area is 126 Å². The summed E-state index contributed by atoms with van der Waals surface area (Å²) in [5, 5.41) is 3.11. The molecule has 0 aliphatic carbocycles. The summed E-state index contributed by atoms with van der Waals surface area (Å²) in [6, 6.07) is 6.09. The van der Waals surface area contributed by atoms with Crippen molar-refractivity contribution in [1.29, 1.82) is 0 Å². The SMILES string of the molecule is CCCc1nc(NC)cc(N(C)CCc2ccncc2)n1. The number of pyridine rings is 1. The van der Waals surface area contributed by atoms with Gasteiger partial charge in [0.1, 0.15) is 17.5 Å². The van der Waals surface area contributed by atoms with Crippen molar-refractivity contribution in [2.75, 3.05) is 30.9 Å². The molecule has 0 fully saturated rings. The summed E-state index contributed by atoms with van der Waals surface area (Å²) in [6.07, 6.45) is 6.59. The lowest BCUT2D eigenvalue weighted by Gasteiger charge is -2.19. The number of rotatable bonds is 7. The Morgan fingerprint density at radius 2 is 1.90 bits per heavy atom. The van der Waals surface area contributed by atoms with Crippen LogP contribution in [0.15, 0.2) is 30.6 Å². The van der Waals surface area contributed by atoms with Gasteiger partial charge in [0.15, 0.2) is 0 Å². The molecule has 0 spiro atoms. The number of nitrogens with one attached hydrogen (secondary N) is 1. The predicted molar refractivity (Wildman–Crippen MR) is 86.8 cm³/mol. The maximum atomic E-state index is 4.65. The van der Waals surface area contributed by atoms with E-state index in [0.29, 0.717) is 0 Å². The molecule has 5 heteroatoms. The monoisotopic (exact) mass is 285 g/mol. The highest BCUT2D eigenvalue weighted by Gasteiger charge is 2.08. The molecule has 0 aliphatic rings. The first-order valence-corrected chi connectivity index (χ1v) is 7.38. The van der Waals surface area contributed by atoms with Gasteiger partial charge in [-0.2, -0.15) is 0 Å². The molecule has 2 heterocycles. The van der Waals surface area contributed by atoms with Gasteiger partial charge < -0.3 is 10.2 Å². The quantitative estimate of drug-likeness (QED) is 0.847. The highest BCUT2D eigenvalue weighted by molar-refractivity contribution is 5.48. The minimum Gasteiger partial charge on any atom is -0.373 e. The summed E-state index contributed by atoms with van der Waals surface area (Å²) in [7, 11) is 3.96. The standard InChI is InChI=1S/C16H23N5/c1-4-5-14-19-15(17-2)12-16(20-14)21(3)11-8-13-6-9-18-10-7-13/h6-7,9-10,12H,4-5,8,11H2,1-3H3,(H,17,19,20). The molecule has 2 rings (SSSR count). The van der Waals surface area contributed by atoms with Crippen molar-refractivity contribution in [2.24, 2.45) is 0 Å². The van der Waals surface area contributed by atoms with Gasteiger partial charge in [-0.15, -0.1) is 0 Å². The molecule has 112 valence electrons. The van der Waals surface area contributed by atoms with Crippen LogP contribution in [0.5, 0.6) is 0 Å². The van der Waals surface area contributed by atoms with Crippen LogP contribution in [0.25, 0.3) is 0 Å². The Hall–Kier alpha value is -2.17. The van der Waals surface area contributed by atoms with E-state index in [-0.39, 0.29) is 0 Å². The van der Waals surface area contributed by atoms with E-state index in [4.69, 9.17) is 0 Å². The van der Waals surface area contributed by atoms with E-state index in [2.05, 4.69) is 51.3 Å². The van der Waals surface area contributed by atoms with Crippen LogP contribution < -0.4 is 10.2 Å². The number of likely N-dealkylation sites (N-methyl/N-ethyl adjacent to an activating group) is 1. The average molecular weight is 285 g/mol. The first-order valence-electron chi connectivity index (χ1n) is 7.38. The third-order valence-electron chi connectivity index (χ3n) is 3.37. The van der Waals surface area contributed by atoms with Gasteiger partial charge in [-0.1, -0.05) is 6.92 Å². The summed E-state index contributed by atoms with van der Waals surface area (Å²) < 4.78 is 0. The average Bonchev–Trinajstić information content (AvgIpc) is 2.53. The molecule has 0 atom stereocenters. The van der Waals surface area contributed by atoms with Crippen LogP contribution in [-0.4, -0.2) is 35.6 Å². The molecule has 5 nitrogen and oxygen atoms in total. The first-order chi connectivity index (χ1) is 10.2. The number of anilines is 2. The van der Waals surface area contributed by atoms with E-state index < -0.39 is 0 Å². The Balaban J connectivity index is 2.07. The molecule has 2 aromatic heterocycles. The van der Waals surface area contributed by atoms with Gasteiger partial charge in [-0.05, 0) is 30.5 Å². The lowest BCUT2D eigenvalue weighted by Crippen LogP contribution is -2.22. The normalized spacial score (nSPS) is 10.4. The van der Waals surface area contributed by atoms with Crippen LogP contribution >= 0.6 is 0 Å². The number of aryl methyl sites for hydroxylation is 1. The van der Waals surface area contributed by atoms with Gasteiger partial charge in [0.25, 0.3) is 0 Å². The van der Waals surface area contributed by atoms with Crippen molar-refractivity contribution < 1.29 is 0 Å². The molecule has 0 bridgehead atoms. The Morgan fingerprint density at radius 3 is 2.57 bits per heavy atom. The van der Waals surface area contributed by atoms with Crippen molar-refractivity contribution >= 4 is 11.6 Å². The second-order valence-electron chi connectivity index (χ2n) is 5.05. The predicted octanol–water partition coefficient (Wildman–Crippen LogP) is 2.54. The number of hydrogen-bond acceptors (Lipinski definition) is 5. The van der Waals surface area contributed by atoms with E-state index in [9.17, 15) is 0 Å². The van der Waals surface area contributed by atoms with Crippen molar-refractivity contribution in [2.45, 2.75) is 26.2 Å². The van der Waals surface area contributed by atoms with Crippen LogP contribution in [0.1, 0.15) is 24.7 Å². The topological polar surface area (TPSA) is 53.9 Å². The van der Waals surface area contributed by atoms with Crippen molar-refractivity contribution in [3.05, 3.63) is 42.0 Å². The fourth-order valence-corrected chi connectivity index (χ4v) is 2.10. The minimum atomic E-state index is 0.874. The molecule has 0 aromatic carbocycles.